The van der Waals surface area contributed by atoms with Crippen LogP contribution in [0.15, 0.2) is 97.1 Å². The summed E-state index contributed by atoms with van der Waals surface area (Å²) in [6.45, 7) is 5.83. The number of benzene rings is 3. The number of hydrogen-bond acceptors (Lipinski definition) is 7. The second kappa shape index (κ2) is 18.6. The topological polar surface area (TPSA) is 140 Å². The molecule has 6 atom stereocenters. The summed E-state index contributed by atoms with van der Waals surface area (Å²) in [5, 5.41) is 6.29. The summed E-state index contributed by atoms with van der Waals surface area (Å²) in [5.41, 5.74) is 7.34. The summed E-state index contributed by atoms with van der Waals surface area (Å²) < 4.78 is 11.2. The van der Waals surface area contributed by atoms with Crippen LogP contribution >= 0.6 is 11.6 Å². The number of methoxy groups -OCH3 is 1. The molecule has 2 unspecified atom stereocenters. The Hall–Kier alpha value is -4.51. The van der Waals surface area contributed by atoms with Crippen LogP contribution in [-0.4, -0.2) is 72.5 Å². The molecule has 1 fully saturated rings. The fourth-order valence-electron chi connectivity index (χ4n) is 6.13. The van der Waals surface area contributed by atoms with Crippen molar-refractivity contribution in [2.75, 3.05) is 13.7 Å². The third kappa shape index (κ3) is 11.2. The van der Waals surface area contributed by atoms with Gasteiger partial charge in [-0.1, -0.05) is 96.5 Å². The van der Waals surface area contributed by atoms with E-state index < -0.39 is 41.5 Å². The number of ether oxygens (including phenoxy) is 2. The first kappa shape index (κ1) is 39.3. The van der Waals surface area contributed by atoms with Gasteiger partial charge in [0.25, 0.3) is 0 Å². The minimum Gasteiger partial charge on any atom is -0.467 e. The van der Waals surface area contributed by atoms with Gasteiger partial charge < -0.3 is 30.7 Å². The summed E-state index contributed by atoms with van der Waals surface area (Å²) in [5.74, 6) is -1.70. The van der Waals surface area contributed by atoms with Gasteiger partial charge in [0.05, 0.1) is 37.3 Å². The molecule has 4 N–H and O–H groups in total. The lowest BCUT2D eigenvalue weighted by molar-refractivity contribution is -0.146. The number of carbonyl (C=O) groups excluding carboxylic acids is 4. The number of nitrogens with two attached hydrogens (primary N) is 1. The normalized spacial score (nSPS) is 17.9. The molecule has 1 saturated heterocycles. The lowest BCUT2D eigenvalue weighted by atomic mass is 9.81. The van der Waals surface area contributed by atoms with Crippen molar-refractivity contribution in [1.82, 2.24) is 15.5 Å². The highest BCUT2D eigenvalue weighted by Crippen LogP contribution is 2.29. The van der Waals surface area contributed by atoms with Crippen LogP contribution in [0, 0.1) is 5.41 Å². The zero-order chi connectivity index (χ0) is 37.0. The number of nitrogens with zero attached hydrogens (tertiary/aromatic N) is 1. The van der Waals surface area contributed by atoms with Crippen LogP contribution in [0.4, 0.5) is 0 Å². The maximum absolute atomic E-state index is 14.2. The SMILES string of the molecule is COC(=O)[C@H](Cc1ccccc1)NC(=O)C(C)(/C=C/C1CCCN1C(=O)[C@@H](NC(=O)[C@H](C)N)[C@@H](C)OCc1ccccc1)Cc1cccc(Cl)c1. The fourth-order valence-corrected chi connectivity index (χ4v) is 6.34. The lowest BCUT2D eigenvalue weighted by Crippen LogP contribution is -2.57. The maximum Gasteiger partial charge on any atom is 0.328 e. The minimum absolute atomic E-state index is 0.250. The number of rotatable bonds is 16. The zero-order valence-corrected chi connectivity index (χ0v) is 30.5. The molecule has 0 spiro atoms. The minimum atomic E-state index is -1.15. The number of amides is 3. The van der Waals surface area contributed by atoms with Crippen LogP contribution in [0.5, 0.6) is 0 Å². The monoisotopic (exact) mass is 716 g/mol. The van der Waals surface area contributed by atoms with E-state index in [1.54, 1.807) is 43.9 Å². The van der Waals surface area contributed by atoms with Gasteiger partial charge in [-0.2, -0.15) is 0 Å². The molecule has 1 aliphatic heterocycles. The van der Waals surface area contributed by atoms with Gasteiger partial charge in [0.2, 0.25) is 17.7 Å². The van der Waals surface area contributed by atoms with Crippen molar-refractivity contribution in [2.45, 2.75) is 83.3 Å². The first-order valence-corrected chi connectivity index (χ1v) is 17.7. The molecule has 3 aromatic carbocycles. The third-order valence-electron chi connectivity index (χ3n) is 9.12. The van der Waals surface area contributed by atoms with Gasteiger partial charge >= 0.3 is 5.97 Å². The van der Waals surface area contributed by atoms with E-state index in [2.05, 4.69) is 10.6 Å². The molecule has 0 aliphatic carbocycles. The molecule has 3 aromatic rings. The molecule has 0 saturated carbocycles. The van der Waals surface area contributed by atoms with E-state index in [-0.39, 0.29) is 37.3 Å². The number of esters is 1. The van der Waals surface area contributed by atoms with Crippen molar-refractivity contribution in [2.24, 2.45) is 11.1 Å². The molecule has 10 nitrogen and oxygen atoms in total. The summed E-state index contributed by atoms with van der Waals surface area (Å²) in [6.07, 6.45) is 4.92. The van der Waals surface area contributed by atoms with Gasteiger partial charge in [0.1, 0.15) is 12.1 Å². The first-order valence-electron chi connectivity index (χ1n) is 17.3. The predicted octanol–water partition coefficient (Wildman–Crippen LogP) is 4.77. The van der Waals surface area contributed by atoms with E-state index in [1.165, 1.54) is 7.11 Å². The number of halogens is 1. The number of hydrogen-bond donors (Lipinski definition) is 3. The number of likely N-dealkylation sites (tertiary alicyclic amines) is 1. The van der Waals surface area contributed by atoms with Crippen molar-refractivity contribution in [1.29, 1.82) is 0 Å². The number of carbonyl (C=O) groups is 4. The highest BCUT2D eigenvalue weighted by molar-refractivity contribution is 6.30. The average molecular weight is 717 g/mol. The van der Waals surface area contributed by atoms with Crippen molar-refractivity contribution in [3.8, 4) is 0 Å². The molecular weight excluding hydrogens is 668 g/mol. The van der Waals surface area contributed by atoms with Crippen LogP contribution < -0.4 is 16.4 Å². The molecule has 3 amide bonds. The molecule has 1 aliphatic rings. The Balaban J connectivity index is 1.59. The van der Waals surface area contributed by atoms with Crippen LogP contribution in [0.3, 0.4) is 0 Å². The fraction of sp³-hybridized carbons (Fsp3) is 0.400. The van der Waals surface area contributed by atoms with Crippen molar-refractivity contribution < 1.29 is 28.7 Å². The van der Waals surface area contributed by atoms with Gasteiger partial charge in [-0.25, -0.2) is 4.79 Å². The Bertz CT molecular complexity index is 1650. The van der Waals surface area contributed by atoms with Gasteiger partial charge in [0, 0.05) is 18.0 Å². The third-order valence-corrected chi connectivity index (χ3v) is 9.36. The Morgan fingerprint density at radius 3 is 2.24 bits per heavy atom. The predicted molar refractivity (Wildman–Crippen MR) is 198 cm³/mol. The molecular formula is C40H49ClN4O6. The first-order chi connectivity index (χ1) is 24.4. The van der Waals surface area contributed by atoms with Crippen LogP contribution in [0.2, 0.25) is 5.02 Å². The Morgan fingerprint density at radius 1 is 0.961 bits per heavy atom. The maximum atomic E-state index is 14.2. The molecule has 272 valence electrons. The van der Waals surface area contributed by atoms with Crippen molar-refractivity contribution >= 4 is 35.3 Å². The summed E-state index contributed by atoms with van der Waals surface area (Å²) in [6, 6.07) is 23.2. The molecule has 0 radical (unpaired) electrons. The average Bonchev–Trinajstić information content (AvgIpc) is 3.60. The Morgan fingerprint density at radius 2 is 1.61 bits per heavy atom. The summed E-state index contributed by atoms with van der Waals surface area (Å²) >= 11 is 6.32. The highest BCUT2D eigenvalue weighted by Gasteiger charge is 2.39. The summed E-state index contributed by atoms with van der Waals surface area (Å²) in [7, 11) is 1.29. The second-order valence-corrected chi connectivity index (χ2v) is 13.8. The Labute approximate surface area is 305 Å². The van der Waals surface area contributed by atoms with E-state index in [4.69, 9.17) is 26.8 Å². The van der Waals surface area contributed by atoms with Gasteiger partial charge in [-0.05, 0) is 68.9 Å². The standard InChI is InChI=1S/C40H49ClN4O6/c1-27(42)36(46)44-35(28(2)51-26-30-15-9-6-10-16-30)37(47)45-22-12-19-33(45)20-21-40(3,25-31-17-11-18-32(41)23-31)39(49)43-34(38(48)50-4)24-29-13-7-5-8-14-29/h5-11,13-18,20-21,23,27-28,33-35H,12,19,22,24-26,42H2,1-4H3,(H,43,49)(H,44,46)/b21-20+/t27-,28+,33?,34-,35-,40?/m0/s1. The molecule has 1 heterocycles. The van der Waals surface area contributed by atoms with Gasteiger partial charge in [0.15, 0.2) is 0 Å². The van der Waals surface area contributed by atoms with Crippen LogP contribution in [0.25, 0.3) is 0 Å². The highest BCUT2D eigenvalue weighted by atomic mass is 35.5. The molecule has 51 heavy (non-hydrogen) atoms. The van der Waals surface area contributed by atoms with Crippen LogP contribution in [-0.2, 0) is 48.1 Å². The van der Waals surface area contributed by atoms with Gasteiger partial charge in [-0.15, -0.1) is 0 Å². The van der Waals surface area contributed by atoms with E-state index in [0.717, 1.165) is 23.1 Å². The van der Waals surface area contributed by atoms with E-state index in [0.29, 0.717) is 18.0 Å². The van der Waals surface area contributed by atoms with Crippen molar-refractivity contribution in [3.63, 3.8) is 0 Å². The molecule has 11 heteroatoms. The smallest absolute Gasteiger partial charge is 0.328 e. The second-order valence-electron chi connectivity index (χ2n) is 13.3. The summed E-state index contributed by atoms with van der Waals surface area (Å²) in [4.78, 5) is 55.8. The number of nitrogens with one attached hydrogen (secondary N) is 2. The van der Waals surface area contributed by atoms with E-state index in [9.17, 15) is 19.2 Å². The lowest BCUT2D eigenvalue weighted by Gasteiger charge is -2.32. The van der Waals surface area contributed by atoms with Crippen molar-refractivity contribution in [3.05, 3.63) is 119 Å². The van der Waals surface area contributed by atoms with Crippen LogP contribution in [0.1, 0.15) is 50.3 Å². The van der Waals surface area contributed by atoms with E-state index in [1.807, 2.05) is 78.9 Å². The zero-order valence-electron chi connectivity index (χ0n) is 29.7. The largest absolute Gasteiger partial charge is 0.467 e. The van der Waals surface area contributed by atoms with Gasteiger partial charge in [-0.3, -0.25) is 14.4 Å². The molecule has 0 bridgehead atoms. The molecule has 0 aromatic heterocycles. The van der Waals surface area contributed by atoms with E-state index >= 15 is 0 Å². The molecule has 4 rings (SSSR count). The Kier molecular flexibility index (Phi) is 14.4. The quantitative estimate of drug-likeness (QED) is 0.143.